The minimum absolute atomic E-state index is 0.221. The number of ether oxygens (including phenoxy) is 1. The van der Waals surface area contributed by atoms with Crippen molar-refractivity contribution in [2.24, 2.45) is 5.10 Å². The molecule has 0 unspecified atom stereocenters. The summed E-state index contributed by atoms with van der Waals surface area (Å²) in [7, 11) is 0. The van der Waals surface area contributed by atoms with Crippen LogP contribution >= 0.6 is 66.7 Å². The van der Waals surface area contributed by atoms with Crippen molar-refractivity contribution in [3.05, 3.63) is 120 Å². The van der Waals surface area contributed by atoms with Crippen LogP contribution in [0.25, 0.3) is 22.0 Å². The number of rotatable bonds is 6. The topological polar surface area (TPSA) is 83.5 Å². The van der Waals surface area contributed by atoms with E-state index in [0.717, 1.165) is 5.56 Å². The minimum Gasteiger partial charge on any atom is -0.421 e. The summed E-state index contributed by atoms with van der Waals surface area (Å²) in [6.07, 6.45) is 1.38. The van der Waals surface area contributed by atoms with Crippen molar-refractivity contribution in [2.45, 2.75) is 0 Å². The molecule has 0 fully saturated rings. The molecule has 5 rings (SSSR count). The summed E-state index contributed by atoms with van der Waals surface area (Å²) in [5.74, 6) is -0.870. The van der Waals surface area contributed by atoms with E-state index in [-0.39, 0.29) is 11.4 Å². The maximum absolute atomic E-state index is 13.4. The average Bonchev–Trinajstić information content (AvgIpc) is 3.31. The molecule has 2 N–H and O–H groups in total. The lowest BCUT2D eigenvalue weighted by atomic mass is 10.0. The smallest absolute Gasteiger partial charge is 0.343 e. The van der Waals surface area contributed by atoms with Gasteiger partial charge in [0.1, 0.15) is 5.69 Å². The van der Waals surface area contributed by atoms with Crippen LogP contribution in [-0.2, 0) is 0 Å². The summed E-state index contributed by atoms with van der Waals surface area (Å²) in [6.45, 7) is 0. The second kappa shape index (κ2) is 12.2. The fraction of sp³-hybridized carbons (Fsp3) is 0. The van der Waals surface area contributed by atoms with Crippen LogP contribution in [0.1, 0.15) is 26.4 Å². The van der Waals surface area contributed by atoms with E-state index in [4.69, 9.17) is 39.5 Å². The number of nitrogens with one attached hydrogen (secondary N) is 2. The second-order valence-corrected chi connectivity index (χ2v) is 11.5. The number of halogens is 5. The molecule has 0 bridgehead atoms. The maximum Gasteiger partial charge on any atom is 0.343 e. The van der Waals surface area contributed by atoms with Gasteiger partial charge in [0, 0.05) is 31.0 Å². The van der Waals surface area contributed by atoms with Gasteiger partial charge in [-0.2, -0.15) is 5.10 Å². The van der Waals surface area contributed by atoms with Crippen molar-refractivity contribution in [2.75, 3.05) is 0 Å². The molecule has 6 nitrogen and oxygen atoms in total. The van der Waals surface area contributed by atoms with Gasteiger partial charge in [-0.25, -0.2) is 10.2 Å². The Hall–Kier alpha value is -3.14. The lowest BCUT2D eigenvalue weighted by Crippen LogP contribution is -2.19. The molecule has 40 heavy (non-hydrogen) atoms. The number of aromatic nitrogens is 1. The van der Waals surface area contributed by atoms with E-state index >= 15 is 0 Å². The van der Waals surface area contributed by atoms with Crippen molar-refractivity contribution in [3.63, 3.8) is 0 Å². The Morgan fingerprint density at radius 2 is 1.62 bits per heavy atom. The molecule has 0 aliphatic rings. The molecule has 1 amide bonds. The number of carbonyl (C=O) groups excluding carboxylic acids is 2. The van der Waals surface area contributed by atoms with Gasteiger partial charge in [-0.05, 0) is 70.0 Å². The number of carbonyl (C=O) groups is 2. The predicted molar refractivity (Wildman–Crippen MR) is 167 cm³/mol. The lowest BCUT2D eigenvalue weighted by Gasteiger charge is -2.11. The number of H-pyrrole nitrogens is 1. The summed E-state index contributed by atoms with van der Waals surface area (Å²) in [5.41, 5.74) is 5.56. The molecule has 0 aliphatic carbocycles. The van der Waals surface area contributed by atoms with Gasteiger partial charge in [-0.3, -0.25) is 4.79 Å². The molecule has 0 radical (unpaired) electrons. The molecular formula is C29H16Br2Cl3N3O3. The standard InChI is InChI=1S/C29H16Br2Cl3N3O3/c30-18-10-17(27(22(31)11-18)40-29(39)16-6-8-19(32)9-7-16)14-35-37-28(38)26-24(15-4-2-1-3-5-15)21-12-20(33)13-23(34)25(21)36-26/h1-14,36H,(H,37,38). The van der Waals surface area contributed by atoms with Crippen molar-refractivity contribution >= 4 is 95.7 Å². The molecule has 0 spiro atoms. The van der Waals surface area contributed by atoms with Gasteiger partial charge in [0.2, 0.25) is 0 Å². The first kappa shape index (κ1) is 28.4. The SMILES string of the molecule is O=C(Oc1c(Br)cc(Br)cc1C=NNC(=O)c1[nH]c2c(Cl)cc(Cl)cc2c1-c1ccccc1)c1ccc(Cl)cc1. The Bertz CT molecular complexity index is 1790. The number of nitrogens with zero attached hydrogens (tertiary/aromatic N) is 1. The highest BCUT2D eigenvalue weighted by molar-refractivity contribution is 9.11. The van der Waals surface area contributed by atoms with Gasteiger partial charge in [0.05, 0.1) is 26.8 Å². The normalized spacial score (nSPS) is 11.2. The van der Waals surface area contributed by atoms with Crippen molar-refractivity contribution in [3.8, 4) is 16.9 Å². The van der Waals surface area contributed by atoms with E-state index in [0.29, 0.717) is 51.6 Å². The molecule has 200 valence electrons. The highest BCUT2D eigenvalue weighted by Crippen LogP contribution is 2.38. The van der Waals surface area contributed by atoms with E-state index in [9.17, 15) is 9.59 Å². The number of benzene rings is 4. The number of hydrogen-bond acceptors (Lipinski definition) is 4. The molecule has 0 aliphatic heterocycles. The first-order valence-corrected chi connectivity index (χ1v) is 14.3. The van der Waals surface area contributed by atoms with Crippen LogP contribution < -0.4 is 10.2 Å². The Balaban J connectivity index is 1.46. The lowest BCUT2D eigenvalue weighted by molar-refractivity contribution is 0.0733. The molecule has 4 aromatic carbocycles. The van der Waals surface area contributed by atoms with Crippen LogP contribution in [0.4, 0.5) is 0 Å². The Labute approximate surface area is 260 Å². The van der Waals surface area contributed by atoms with Gasteiger partial charge in [0.15, 0.2) is 5.75 Å². The van der Waals surface area contributed by atoms with Gasteiger partial charge < -0.3 is 9.72 Å². The molecular weight excluding hydrogens is 705 g/mol. The number of aromatic amines is 1. The number of fused-ring (bicyclic) bond motifs is 1. The second-order valence-electron chi connectivity index (χ2n) is 8.45. The molecule has 1 heterocycles. The van der Waals surface area contributed by atoms with Crippen molar-refractivity contribution < 1.29 is 14.3 Å². The quantitative estimate of drug-likeness (QED) is 0.0794. The Morgan fingerprint density at radius 3 is 2.35 bits per heavy atom. The molecule has 1 aromatic heterocycles. The van der Waals surface area contributed by atoms with E-state index in [1.165, 1.54) is 6.21 Å². The maximum atomic E-state index is 13.4. The molecule has 0 atom stereocenters. The van der Waals surface area contributed by atoms with E-state index < -0.39 is 11.9 Å². The zero-order valence-corrected chi connectivity index (χ0v) is 25.6. The van der Waals surface area contributed by atoms with Crippen LogP contribution in [-0.4, -0.2) is 23.1 Å². The molecule has 0 saturated carbocycles. The number of hydrogen-bond donors (Lipinski definition) is 2. The third-order valence-electron chi connectivity index (χ3n) is 5.80. The zero-order valence-electron chi connectivity index (χ0n) is 20.1. The van der Waals surface area contributed by atoms with Crippen LogP contribution in [0.15, 0.2) is 92.9 Å². The summed E-state index contributed by atoms with van der Waals surface area (Å²) in [6, 6.07) is 22.5. The number of esters is 1. The third kappa shape index (κ3) is 6.11. The Morgan fingerprint density at radius 1 is 0.900 bits per heavy atom. The van der Waals surface area contributed by atoms with E-state index in [2.05, 4.69) is 47.4 Å². The summed E-state index contributed by atoms with van der Waals surface area (Å²) in [5, 5.41) is 6.17. The van der Waals surface area contributed by atoms with Crippen LogP contribution in [0.2, 0.25) is 15.1 Å². The third-order valence-corrected chi connectivity index (χ3v) is 7.61. The Kier molecular flexibility index (Phi) is 8.63. The first-order valence-electron chi connectivity index (χ1n) is 11.6. The molecule has 11 heteroatoms. The fourth-order valence-electron chi connectivity index (χ4n) is 4.03. The summed E-state index contributed by atoms with van der Waals surface area (Å²) in [4.78, 5) is 29.2. The van der Waals surface area contributed by atoms with E-state index in [1.54, 1.807) is 48.5 Å². The predicted octanol–water partition coefficient (Wildman–Crippen LogP) is 9.30. The van der Waals surface area contributed by atoms with Crippen molar-refractivity contribution in [1.82, 2.24) is 10.4 Å². The average molecular weight is 721 g/mol. The highest BCUT2D eigenvalue weighted by atomic mass is 79.9. The van der Waals surface area contributed by atoms with Crippen LogP contribution in [0, 0.1) is 0 Å². The molecule has 5 aromatic rings. The zero-order chi connectivity index (χ0) is 28.4. The number of hydrazone groups is 1. The first-order chi connectivity index (χ1) is 19.2. The number of amides is 1. The summed E-state index contributed by atoms with van der Waals surface area (Å²) < 4.78 is 6.86. The fourth-order valence-corrected chi connectivity index (χ4v) is 6.04. The summed E-state index contributed by atoms with van der Waals surface area (Å²) >= 11 is 25.5. The largest absolute Gasteiger partial charge is 0.421 e. The van der Waals surface area contributed by atoms with Gasteiger partial charge in [0.25, 0.3) is 5.91 Å². The minimum atomic E-state index is -0.584. The van der Waals surface area contributed by atoms with Crippen LogP contribution in [0.3, 0.4) is 0 Å². The van der Waals surface area contributed by atoms with Gasteiger partial charge >= 0.3 is 5.97 Å². The van der Waals surface area contributed by atoms with E-state index in [1.807, 2.05) is 30.3 Å². The van der Waals surface area contributed by atoms with Gasteiger partial charge in [-0.15, -0.1) is 0 Å². The molecule has 0 saturated heterocycles. The van der Waals surface area contributed by atoms with Gasteiger partial charge in [-0.1, -0.05) is 81.1 Å². The van der Waals surface area contributed by atoms with Crippen molar-refractivity contribution in [1.29, 1.82) is 0 Å². The highest BCUT2D eigenvalue weighted by Gasteiger charge is 2.21. The monoisotopic (exact) mass is 717 g/mol. The van der Waals surface area contributed by atoms with Crippen LogP contribution in [0.5, 0.6) is 5.75 Å².